The van der Waals surface area contributed by atoms with E-state index in [1.165, 1.54) is 4.31 Å². The van der Waals surface area contributed by atoms with Crippen LogP contribution in [0.1, 0.15) is 6.92 Å². The number of anilines is 1. The van der Waals surface area contributed by atoms with Gasteiger partial charge in [0.2, 0.25) is 0 Å². The third-order valence-corrected chi connectivity index (χ3v) is 7.02. The normalized spacial score (nSPS) is 11.5. The van der Waals surface area contributed by atoms with Crippen molar-refractivity contribution in [1.29, 1.82) is 0 Å². The number of sulfonamides is 1. The second-order valence-corrected chi connectivity index (χ2v) is 8.45. The second-order valence-electron chi connectivity index (χ2n) is 4.44. The van der Waals surface area contributed by atoms with Gasteiger partial charge < -0.3 is 0 Å². The topological polar surface area (TPSA) is 37.4 Å². The van der Waals surface area contributed by atoms with Crippen LogP contribution in [0.15, 0.2) is 56.7 Å². The summed E-state index contributed by atoms with van der Waals surface area (Å²) in [5.74, 6) is 0. The van der Waals surface area contributed by atoms with Crippen molar-refractivity contribution in [1.82, 2.24) is 0 Å². The predicted octanol–water partition coefficient (Wildman–Crippen LogP) is 5.04. The fourth-order valence-electron chi connectivity index (χ4n) is 2.01. The molecule has 3 nitrogen and oxygen atoms in total. The Morgan fingerprint density at radius 2 is 1.82 bits per heavy atom. The van der Waals surface area contributed by atoms with Gasteiger partial charge in [-0.05, 0) is 71.6 Å². The predicted molar refractivity (Wildman–Crippen MR) is 97.6 cm³/mol. The number of halogens is 2. The highest BCUT2D eigenvalue weighted by Crippen LogP contribution is 2.31. The first-order chi connectivity index (χ1) is 10.4. The van der Waals surface area contributed by atoms with Crippen LogP contribution in [-0.2, 0) is 10.0 Å². The molecule has 0 aliphatic heterocycles. The zero-order chi connectivity index (χ0) is 16.3. The minimum Gasteiger partial charge on any atom is -0.267 e. The summed E-state index contributed by atoms with van der Waals surface area (Å²) >= 11 is 11.0. The molecule has 0 aliphatic carbocycles. The highest BCUT2D eigenvalue weighted by atomic mass is 79.9. The quantitative estimate of drug-likeness (QED) is 0.636. The van der Waals surface area contributed by atoms with Crippen molar-refractivity contribution in [2.75, 3.05) is 17.1 Å². The largest absolute Gasteiger partial charge is 0.267 e. The van der Waals surface area contributed by atoms with E-state index in [1.54, 1.807) is 61.2 Å². The van der Waals surface area contributed by atoms with Gasteiger partial charge in [0.25, 0.3) is 10.0 Å². The zero-order valence-corrected chi connectivity index (χ0v) is 16.1. The molecule has 22 heavy (non-hydrogen) atoms. The van der Waals surface area contributed by atoms with Gasteiger partial charge in [-0.2, -0.15) is 0 Å². The number of hydrogen-bond donors (Lipinski definition) is 0. The van der Waals surface area contributed by atoms with Crippen molar-refractivity contribution in [3.05, 3.63) is 52.0 Å². The fraction of sp³-hybridized carbons (Fsp3) is 0.200. The molecule has 0 fully saturated rings. The Labute approximate surface area is 148 Å². The van der Waals surface area contributed by atoms with Crippen LogP contribution in [0.5, 0.6) is 0 Å². The Balaban J connectivity index is 2.45. The van der Waals surface area contributed by atoms with Gasteiger partial charge in [0, 0.05) is 15.9 Å². The number of thioether (sulfide) groups is 1. The van der Waals surface area contributed by atoms with Crippen LogP contribution in [0.3, 0.4) is 0 Å². The van der Waals surface area contributed by atoms with Gasteiger partial charge in [0.1, 0.15) is 0 Å². The van der Waals surface area contributed by atoms with Gasteiger partial charge in [0.05, 0.1) is 15.6 Å². The van der Waals surface area contributed by atoms with E-state index >= 15 is 0 Å². The summed E-state index contributed by atoms with van der Waals surface area (Å²) in [7, 11) is -3.61. The molecule has 7 heteroatoms. The molecule has 0 saturated carbocycles. The molecule has 0 heterocycles. The molecule has 2 rings (SSSR count). The summed E-state index contributed by atoms with van der Waals surface area (Å²) in [5, 5.41) is 0.476. The monoisotopic (exact) mass is 419 g/mol. The van der Waals surface area contributed by atoms with Gasteiger partial charge in [-0.3, -0.25) is 4.31 Å². The average molecular weight is 421 g/mol. The van der Waals surface area contributed by atoms with Crippen molar-refractivity contribution in [3.8, 4) is 0 Å². The standard InChI is InChI=1S/C15H15BrClNO2S2/c1-3-18(11-4-9-14(16)15(17)10-11)22(19,20)13-7-5-12(21-2)6-8-13/h4-10H,3H2,1-2H3. The van der Waals surface area contributed by atoms with Gasteiger partial charge >= 0.3 is 0 Å². The van der Waals surface area contributed by atoms with Crippen LogP contribution in [0, 0.1) is 0 Å². The number of nitrogens with zero attached hydrogens (tertiary/aromatic N) is 1. The van der Waals surface area contributed by atoms with Crippen molar-refractivity contribution in [2.45, 2.75) is 16.7 Å². The van der Waals surface area contributed by atoms with E-state index in [-0.39, 0.29) is 4.90 Å². The van der Waals surface area contributed by atoms with Crippen LogP contribution < -0.4 is 4.31 Å². The van der Waals surface area contributed by atoms with E-state index < -0.39 is 10.0 Å². The lowest BCUT2D eigenvalue weighted by Gasteiger charge is -2.23. The maximum atomic E-state index is 12.8. The SMILES string of the molecule is CCN(c1ccc(Br)c(Cl)c1)S(=O)(=O)c1ccc(SC)cc1. The van der Waals surface area contributed by atoms with Crippen LogP contribution in [0.25, 0.3) is 0 Å². The highest BCUT2D eigenvalue weighted by molar-refractivity contribution is 9.10. The van der Waals surface area contributed by atoms with E-state index in [4.69, 9.17) is 11.6 Å². The molecular weight excluding hydrogens is 406 g/mol. The first-order valence-corrected chi connectivity index (χ1v) is 10.4. The highest BCUT2D eigenvalue weighted by Gasteiger charge is 2.23. The summed E-state index contributed by atoms with van der Waals surface area (Å²) in [6, 6.07) is 12.0. The Kier molecular flexibility index (Phi) is 5.82. The third-order valence-electron chi connectivity index (χ3n) is 3.13. The van der Waals surface area contributed by atoms with Gasteiger partial charge in [0.15, 0.2) is 0 Å². The minimum atomic E-state index is -3.61. The fourth-order valence-corrected chi connectivity index (χ4v) is 4.30. The zero-order valence-electron chi connectivity index (χ0n) is 12.1. The van der Waals surface area contributed by atoms with Crippen molar-refractivity contribution < 1.29 is 8.42 Å². The Morgan fingerprint density at radius 3 is 2.32 bits per heavy atom. The van der Waals surface area contributed by atoms with Gasteiger partial charge in [-0.1, -0.05) is 11.6 Å². The lowest BCUT2D eigenvalue weighted by Crippen LogP contribution is -2.30. The Hall–Kier alpha value is -0.690. The van der Waals surface area contributed by atoms with Crippen molar-refractivity contribution >= 4 is 55.0 Å². The summed E-state index contributed by atoms with van der Waals surface area (Å²) in [4.78, 5) is 1.29. The molecule has 0 spiro atoms. The van der Waals surface area contributed by atoms with Crippen LogP contribution in [-0.4, -0.2) is 21.2 Å². The molecule has 0 radical (unpaired) electrons. The van der Waals surface area contributed by atoms with E-state index in [0.717, 1.165) is 9.37 Å². The second kappa shape index (κ2) is 7.25. The summed E-state index contributed by atoms with van der Waals surface area (Å²) < 4.78 is 27.7. The first kappa shape index (κ1) is 17.7. The number of rotatable bonds is 5. The van der Waals surface area contributed by atoms with Crippen molar-refractivity contribution in [2.24, 2.45) is 0 Å². The number of hydrogen-bond acceptors (Lipinski definition) is 3. The molecule has 0 saturated heterocycles. The van der Waals surface area contributed by atoms with Crippen LogP contribution >= 0.6 is 39.3 Å². The summed E-state index contributed by atoms with van der Waals surface area (Å²) in [5.41, 5.74) is 0.546. The summed E-state index contributed by atoms with van der Waals surface area (Å²) in [6.07, 6.45) is 1.95. The molecule has 0 aromatic heterocycles. The lowest BCUT2D eigenvalue weighted by molar-refractivity contribution is 0.592. The van der Waals surface area contributed by atoms with Gasteiger partial charge in [-0.25, -0.2) is 8.42 Å². The molecule has 0 amide bonds. The van der Waals surface area contributed by atoms with E-state index in [1.807, 2.05) is 6.26 Å². The molecule has 2 aromatic rings. The molecule has 0 N–H and O–H groups in total. The van der Waals surface area contributed by atoms with E-state index in [9.17, 15) is 8.42 Å². The van der Waals surface area contributed by atoms with Crippen LogP contribution in [0.4, 0.5) is 5.69 Å². The van der Waals surface area contributed by atoms with Crippen LogP contribution in [0.2, 0.25) is 5.02 Å². The molecule has 0 atom stereocenters. The maximum Gasteiger partial charge on any atom is 0.264 e. The molecule has 2 aromatic carbocycles. The Morgan fingerprint density at radius 1 is 1.18 bits per heavy atom. The lowest BCUT2D eigenvalue weighted by atomic mass is 10.3. The first-order valence-electron chi connectivity index (χ1n) is 6.52. The average Bonchev–Trinajstić information content (AvgIpc) is 2.51. The molecule has 0 bridgehead atoms. The third kappa shape index (κ3) is 3.62. The molecular formula is C15H15BrClNO2S2. The smallest absolute Gasteiger partial charge is 0.264 e. The maximum absolute atomic E-state index is 12.8. The van der Waals surface area contributed by atoms with Crippen molar-refractivity contribution in [3.63, 3.8) is 0 Å². The summed E-state index contributed by atoms with van der Waals surface area (Å²) in [6.45, 7) is 2.12. The molecule has 118 valence electrons. The minimum absolute atomic E-state index is 0.270. The molecule has 0 unspecified atom stereocenters. The number of benzene rings is 2. The Bertz CT molecular complexity index is 764. The van der Waals surface area contributed by atoms with Gasteiger partial charge in [-0.15, -0.1) is 11.8 Å². The molecule has 0 aliphatic rings. The van der Waals surface area contributed by atoms with E-state index in [0.29, 0.717) is 17.3 Å². The van der Waals surface area contributed by atoms with E-state index in [2.05, 4.69) is 15.9 Å².